The van der Waals surface area contributed by atoms with E-state index in [0.29, 0.717) is 19.5 Å². The van der Waals surface area contributed by atoms with E-state index in [-0.39, 0.29) is 28.6 Å². The summed E-state index contributed by atoms with van der Waals surface area (Å²) >= 11 is 7.06. The zero-order valence-corrected chi connectivity index (χ0v) is 39.8. The number of nitrogens with zero attached hydrogens (tertiary/aromatic N) is 2. The molecule has 4 saturated carbocycles. The number of aliphatic hydroxyl groups is 1. The monoisotopic (exact) mass is 952 g/mol. The van der Waals surface area contributed by atoms with Crippen molar-refractivity contribution in [1.29, 1.82) is 0 Å². The van der Waals surface area contributed by atoms with Crippen molar-refractivity contribution in [2.75, 3.05) is 0 Å². The molecule has 4 aromatic rings. The number of hydrogen-bond donors (Lipinski definition) is 1. The van der Waals surface area contributed by atoms with Gasteiger partial charge in [0.05, 0.1) is 17.2 Å². The largest absolute Gasteiger partial charge is 0.444 e. The number of fused-ring (bicyclic) bond motifs is 5. The molecule has 1 atom stereocenters. The fraction of sp³-hybridized carbons (Fsp3) is 0.462. The summed E-state index contributed by atoms with van der Waals surface area (Å²) in [5.41, 5.74) is 2.91. The van der Waals surface area contributed by atoms with Crippen LogP contribution in [0.2, 0.25) is 0 Å². The molecule has 4 aromatic carbocycles. The third-order valence-corrected chi connectivity index (χ3v) is 14.6. The van der Waals surface area contributed by atoms with Gasteiger partial charge >= 0.3 is 12.2 Å². The van der Waals surface area contributed by atoms with Gasteiger partial charge in [-0.2, -0.15) is 0 Å². The molecule has 1 N–H and O–H groups in total. The van der Waals surface area contributed by atoms with Crippen LogP contribution in [0.25, 0.3) is 0 Å². The van der Waals surface area contributed by atoms with Gasteiger partial charge in [0.25, 0.3) is 0 Å². The SMILES string of the molecule is CC(C)(C)OC(=O)N(Cc1ccccc1)C12C=CC(c3ccc(Br)cc3)(CC1)CC2.CC(C)(C)OC(=O)N(Cc1ccccc1)C12CCC(c3ccc(Br)cc3)(CC1)CC2O. The number of amides is 2. The minimum Gasteiger partial charge on any atom is -0.444 e. The molecule has 4 bridgehead atoms. The average Bonchev–Trinajstić information content (AvgIpc) is 3.23. The highest BCUT2D eigenvalue weighted by molar-refractivity contribution is 9.10. The number of hydrogen-bond acceptors (Lipinski definition) is 5. The third-order valence-electron chi connectivity index (χ3n) is 13.5. The van der Waals surface area contributed by atoms with Crippen molar-refractivity contribution in [3.63, 3.8) is 0 Å². The summed E-state index contributed by atoms with van der Waals surface area (Å²) in [6.45, 7) is 12.5. The van der Waals surface area contributed by atoms with E-state index in [1.165, 1.54) is 11.1 Å². The summed E-state index contributed by atoms with van der Waals surface area (Å²) in [5, 5.41) is 11.5. The van der Waals surface area contributed by atoms with Gasteiger partial charge in [-0.1, -0.05) is 129 Å². The van der Waals surface area contributed by atoms with Crippen LogP contribution in [0, 0.1) is 0 Å². The minimum atomic E-state index is -0.588. The van der Waals surface area contributed by atoms with Crippen molar-refractivity contribution >= 4 is 44.0 Å². The van der Waals surface area contributed by atoms with E-state index < -0.39 is 22.8 Å². The Balaban J connectivity index is 0.000000184. The lowest BCUT2D eigenvalue weighted by Gasteiger charge is -2.59. The van der Waals surface area contributed by atoms with Crippen LogP contribution in [0.1, 0.15) is 122 Å². The van der Waals surface area contributed by atoms with Crippen LogP contribution < -0.4 is 0 Å². The van der Waals surface area contributed by atoms with E-state index in [1.807, 2.05) is 99.9 Å². The van der Waals surface area contributed by atoms with E-state index in [2.05, 4.69) is 105 Å². The van der Waals surface area contributed by atoms with Crippen LogP contribution in [0.5, 0.6) is 0 Å². The number of carbonyl (C=O) groups is 2. The first-order valence-electron chi connectivity index (χ1n) is 21.8. The number of ether oxygens (including phenoxy) is 2. The van der Waals surface area contributed by atoms with Crippen molar-refractivity contribution < 1.29 is 24.2 Å². The van der Waals surface area contributed by atoms with Crippen LogP contribution in [0.3, 0.4) is 0 Å². The lowest BCUT2D eigenvalue weighted by Crippen LogP contribution is -2.66. The number of rotatable bonds is 8. The molecule has 9 heteroatoms. The predicted octanol–water partition coefficient (Wildman–Crippen LogP) is 13.2. The molecule has 2 amide bonds. The highest BCUT2D eigenvalue weighted by Crippen LogP contribution is 2.57. The van der Waals surface area contributed by atoms with E-state index >= 15 is 0 Å². The molecule has 61 heavy (non-hydrogen) atoms. The Bertz CT molecular complexity index is 2140. The number of halogens is 2. The molecule has 0 saturated heterocycles. The first-order chi connectivity index (χ1) is 28.8. The second kappa shape index (κ2) is 17.7. The van der Waals surface area contributed by atoms with Gasteiger partial charge in [0.2, 0.25) is 0 Å². The standard InChI is InChI=1S/C26H32BrNO3.C26H30BrNO2/c1-24(2,3)31-23(30)28(18-19-7-5-4-6-8-19)26-15-13-25(14-16-26,17-22(26)29)20-9-11-21(27)12-10-20;1-24(2,3)30-23(29)28(19-20-7-5-4-6-8-20)26-16-13-25(14-17-26,15-18-26)21-9-11-22(27)12-10-21/h4-12,22,29H,13-18H2,1-3H3;4-13,16H,14-15,17-19H2,1-3H3. The molecule has 0 heterocycles. The molecule has 4 fully saturated rings. The van der Waals surface area contributed by atoms with Gasteiger partial charge in [-0.15, -0.1) is 0 Å². The molecular weight excluding hydrogens is 892 g/mol. The first kappa shape index (κ1) is 45.1. The van der Waals surface area contributed by atoms with Gasteiger partial charge in [0, 0.05) is 27.4 Å². The normalized spacial score (nSPS) is 26.5. The number of carbonyl (C=O) groups excluding carboxylic acids is 2. The summed E-state index contributed by atoms with van der Waals surface area (Å²) in [7, 11) is 0. The molecule has 0 spiro atoms. The number of aliphatic hydroxyl groups excluding tert-OH is 1. The lowest BCUT2D eigenvalue weighted by atomic mass is 9.53. The van der Waals surface area contributed by atoms with Gasteiger partial charge in [-0.3, -0.25) is 9.80 Å². The van der Waals surface area contributed by atoms with Gasteiger partial charge < -0.3 is 14.6 Å². The maximum absolute atomic E-state index is 13.4. The Morgan fingerprint density at radius 1 is 0.590 bits per heavy atom. The quantitative estimate of drug-likeness (QED) is 0.178. The summed E-state index contributed by atoms with van der Waals surface area (Å²) in [5.74, 6) is 0. The molecule has 0 aromatic heterocycles. The van der Waals surface area contributed by atoms with E-state index in [0.717, 1.165) is 71.4 Å². The smallest absolute Gasteiger partial charge is 0.411 e. The number of allylic oxidation sites excluding steroid dienone is 1. The highest BCUT2D eigenvalue weighted by Gasteiger charge is 2.59. The minimum absolute atomic E-state index is 0.0196. The Hall–Kier alpha value is -3.92. The summed E-state index contributed by atoms with van der Waals surface area (Å²) < 4.78 is 13.8. The van der Waals surface area contributed by atoms with Crippen LogP contribution in [-0.2, 0) is 33.4 Å². The van der Waals surface area contributed by atoms with Crippen molar-refractivity contribution in [1.82, 2.24) is 9.80 Å². The maximum atomic E-state index is 13.4. The summed E-state index contributed by atoms with van der Waals surface area (Å²) in [6, 6.07) is 37.4. The van der Waals surface area contributed by atoms with Crippen molar-refractivity contribution in [2.45, 2.75) is 152 Å². The van der Waals surface area contributed by atoms with Crippen molar-refractivity contribution in [3.8, 4) is 0 Å². The Morgan fingerprint density at radius 2 is 1.03 bits per heavy atom. The average molecular weight is 955 g/mol. The zero-order valence-electron chi connectivity index (χ0n) is 36.6. The fourth-order valence-corrected chi connectivity index (χ4v) is 10.7. The van der Waals surface area contributed by atoms with Gasteiger partial charge in [0.1, 0.15) is 11.2 Å². The molecule has 324 valence electrons. The van der Waals surface area contributed by atoms with E-state index in [4.69, 9.17) is 9.47 Å². The molecule has 0 aliphatic heterocycles. The van der Waals surface area contributed by atoms with Crippen LogP contribution >= 0.6 is 31.9 Å². The zero-order chi connectivity index (χ0) is 43.7. The van der Waals surface area contributed by atoms with E-state index in [1.54, 1.807) is 0 Å². The number of benzene rings is 4. The Morgan fingerprint density at radius 3 is 1.46 bits per heavy atom. The topological polar surface area (TPSA) is 79.3 Å². The highest BCUT2D eigenvalue weighted by atomic mass is 79.9. The van der Waals surface area contributed by atoms with Crippen LogP contribution in [0.4, 0.5) is 9.59 Å². The summed E-state index contributed by atoms with van der Waals surface area (Å²) in [4.78, 5) is 30.4. The van der Waals surface area contributed by atoms with Crippen molar-refractivity contribution in [2.24, 2.45) is 0 Å². The molecule has 6 aliphatic carbocycles. The van der Waals surface area contributed by atoms with Crippen LogP contribution in [0.15, 0.2) is 130 Å². The fourth-order valence-electron chi connectivity index (χ4n) is 10.2. The second-order valence-corrected chi connectivity index (χ2v) is 21.6. The molecule has 6 aliphatic rings. The Labute approximate surface area is 380 Å². The third kappa shape index (κ3) is 10.00. The first-order valence-corrected chi connectivity index (χ1v) is 23.4. The second-order valence-electron chi connectivity index (χ2n) is 19.8. The molecule has 10 rings (SSSR count). The van der Waals surface area contributed by atoms with Gasteiger partial charge in [-0.25, -0.2) is 9.59 Å². The van der Waals surface area contributed by atoms with Crippen LogP contribution in [-0.4, -0.2) is 55.5 Å². The molecule has 1 unspecified atom stereocenters. The van der Waals surface area contributed by atoms with Gasteiger partial charge in [-0.05, 0) is 151 Å². The Kier molecular flexibility index (Phi) is 13.1. The molecule has 0 radical (unpaired) electrons. The van der Waals surface area contributed by atoms with Crippen molar-refractivity contribution in [3.05, 3.63) is 153 Å². The summed E-state index contributed by atoms with van der Waals surface area (Å²) in [6.07, 6.45) is 11.6. The molecule has 7 nitrogen and oxygen atoms in total. The maximum Gasteiger partial charge on any atom is 0.411 e. The molecular formula is C52H62Br2N2O5. The lowest BCUT2D eigenvalue weighted by molar-refractivity contribution is -0.120. The van der Waals surface area contributed by atoms with Gasteiger partial charge in [0.15, 0.2) is 0 Å². The van der Waals surface area contributed by atoms with E-state index in [9.17, 15) is 14.7 Å². The predicted molar refractivity (Wildman–Crippen MR) is 250 cm³/mol.